The fraction of sp³-hybridized carbons (Fsp3) is 0.158. The number of hydroxylamine groups is 2. The zero-order chi connectivity index (χ0) is 18.7. The summed E-state index contributed by atoms with van der Waals surface area (Å²) in [4.78, 5) is 0.778. The molecule has 0 spiro atoms. The Bertz CT molecular complexity index is 835. The minimum absolute atomic E-state index is 0.152. The van der Waals surface area contributed by atoms with Crippen LogP contribution in [0.1, 0.15) is 6.42 Å². The Kier molecular flexibility index (Phi) is 5.29. The first kappa shape index (κ1) is 18.4. The molecule has 26 heavy (non-hydrogen) atoms. The number of para-hydroxylation sites is 1. The van der Waals surface area contributed by atoms with Gasteiger partial charge in [-0.3, -0.25) is 5.21 Å². The number of hydrogen-bond acceptors (Lipinski definition) is 4. The second-order valence-corrected chi connectivity index (χ2v) is 6.68. The van der Waals surface area contributed by atoms with Crippen LogP contribution in [0.4, 0.5) is 13.2 Å². The van der Waals surface area contributed by atoms with Crippen LogP contribution >= 0.6 is 11.8 Å². The Labute approximate surface area is 153 Å². The number of rotatable bonds is 3. The summed E-state index contributed by atoms with van der Waals surface area (Å²) in [5.74, 6) is 0.533. The van der Waals surface area contributed by atoms with Crippen molar-refractivity contribution >= 4 is 11.8 Å². The molecule has 0 atom stereocenters. The molecule has 136 valence electrons. The Morgan fingerprint density at radius 1 is 1.08 bits per heavy atom. The SMILES string of the molecule is COc1ccccc1SC1=C(C(F)(F)F)CC(=C2C=CN(O)C=C2)C=C1. The second kappa shape index (κ2) is 7.47. The molecule has 1 aliphatic carbocycles. The summed E-state index contributed by atoms with van der Waals surface area (Å²) in [6, 6.07) is 6.98. The summed E-state index contributed by atoms with van der Waals surface area (Å²) >= 11 is 1.04. The van der Waals surface area contributed by atoms with Gasteiger partial charge in [-0.25, -0.2) is 5.06 Å². The highest BCUT2D eigenvalue weighted by atomic mass is 32.2. The first-order valence-electron chi connectivity index (χ1n) is 7.74. The molecule has 1 heterocycles. The van der Waals surface area contributed by atoms with Crippen LogP contribution in [0.3, 0.4) is 0 Å². The number of benzene rings is 1. The van der Waals surface area contributed by atoms with Crippen LogP contribution in [0.25, 0.3) is 0 Å². The van der Waals surface area contributed by atoms with E-state index in [1.807, 2.05) is 0 Å². The predicted octanol–water partition coefficient (Wildman–Crippen LogP) is 5.59. The number of alkyl halides is 3. The highest BCUT2D eigenvalue weighted by Crippen LogP contribution is 2.45. The maximum atomic E-state index is 13.6. The van der Waals surface area contributed by atoms with E-state index in [-0.39, 0.29) is 11.3 Å². The minimum atomic E-state index is -4.44. The van der Waals surface area contributed by atoms with Crippen molar-refractivity contribution in [3.63, 3.8) is 0 Å². The standard InChI is InChI=1S/C19H16F3NO2S/c1-25-16-4-2-3-5-18(16)26-17-7-6-14(12-15(17)19(20,21)22)13-8-10-23(24)11-9-13/h2-11,24H,12H2,1H3. The van der Waals surface area contributed by atoms with Gasteiger partial charge >= 0.3 is 6.18 Å². The summed E-state index contributed by atoms with van der Waals surface area (Å²) in [6.07, 6.45) is 4.41. The maximum Gasteiger partial charge on any atom is 0.414 e. The van der Waals surface area contributed by atoms with Crippen LogP contribution in [-0.2, 0) is 0 Å². The third-order valence-electron chi connectivity index (χ3n) is 3.92. The number of thioether (sulfide) groups is 1. The predicted molar refractivity (Wildman–Crippen MR) is 94.6 cm³/mol. The highest BCUT2D eigenvalue weighted by Gasteiger charge is 2.37. The molecule has 0 bridgehead atoms. The largest absolute Gasteiger partial charge is 0.496 e. The summed E-state index contributed by atoms with van der Waals surface area (Å²) in [6.45, 7) is 0. The monoisotopic (exact) mass is 379 g/mol. The van der Waals surface area contributed by atoms with E-state index >= 15 is 0 Å². The summed E-state index contributed by atoms with van der Waals surface area (Å²) in [7, 11) is 1.49. The number of halogens is 3. The van der Waals surface area contributed by atoms with Crippen molar-refractivity contribution in [1.29, 1.82) is 0 Å². The smallest absolute Gasteiger partial charge is 0.414 e. The molecular weight excluding hydrogens is 363 g/mol. The average Bonchev–Trinajstić information content (AvgIpc) is 2.62. The minimum Gasteiger partial charge on any atom is -0.496 e. The normalized spacial score (nSPS) is 17.3. The second-order valence-electron chi connectivity index (χ2n) is 5.60. The third-order valence-corrected chi connectivity index (χ3v) is 5.08. The van der Waals surface area contributed by atoms with Gasteiger partial charge in [0, 0.05) is 23.7 Å². The lowest BCUT2D eigenvalue weighted by Gasteiger charge is -2.22. The van der Waals surface area contributed by atoms with E-state index < -0.39 is 11.7 Å². The Morgan fingerprint density at radius 3 is 2.42 bits per heavy atom. The fourth-order valence-corrected chi connectivity index (χ4v) is 3.68. The molecule has 0 unspecified atom stereocenters. The lowest BCUT2D eigenvalue weighted by Crippen LogP contribution is -2.16. The molecule has 1 aromatic rings. The van der Waals surface area contributed by atoms with Gasteiger partial charge in [0.15, 0.2) is 0 Å². The van der Waals surface area contributed by atoms with Crippen molar-refractivity contribution in [2.24, 2.45) is 0 Å². The van der Waals surface area contributed by atoms with Gasteiger partial charge in [0.25, 0.3) is 0 Å². The molecule has 0 fully saturated rings. The van der Waals surface area contributed by atoms with Crippen molar-refractivity contribution in [2.45, 2.75) is 17.5 Å². The van der Waals surface area contributed by atoms with Crippen LogP contribution < -0.4 is 4.74 Å². The maximum absolute atomic E-state index is 13.6. The van der Waals surface area contributed by atoms with E-state index in [2.05, 4.69) is 0 Å². The number of ether oxygens (including phenoxy) is 1. The van der Waals surface area contributed by atoms with Crippen molar-refractivity contribution < 1.29 is 23.1 Å². The molecule has 2 aliphatic rings. The lowest BCUT2D eigenvalue weighted by molar-refractivity contribution is -0.0934. The van der Waals surface area contributed by atoms with Gasteiger partial charge in [-0.05, 0) is 41.5 Å². The molecule has 7 heteroatoms. The van der Waals surface area contributed by atoms with Gasteiger partial charge < -0.3 is 4.74 Å². The van der Waals surface area contributed by atoms with E-state index in [0.717, 1.165) is 16.8 Å². The number of hydrogen-bond donors (Lipinski definition) is 1. The molecule has 0 saturated heterocycles. The molecule has 3 rings (SSSR count). The third kappa shape index (κ3) is 4.05. The first-order chi connectivity index (χ1) is 12.4. The summed E-state index contributed by atoms with van der Waals surface area (Å²) in [5.41, 5.74) is 0.587. The number of methoxy groups -OCH3 is 1. The summed E-state index contributed by atoms with van der Waals surface area (Å²) < 4.78 is 46.1. The lowest BCUT2D eigenvalue weighted by atomic mass is 9.94. The zero-order valence-corrected chi connectivity index (χ0v) is 14.6. The van der Waals surface area contributed by atoms with Crippen LogP contribution in [-0.4, -0.2) is 23.6 Å². The molecule has 0 radical (unpaired) electrons. The van der Waals surface area contributed by atoms with Gasteiger partial charge in [0.2, 0.25) is 0 Å². The van der Waals surface area contributed by atoms with Crippen molar-refractivity contribution in [3.05, 3.63) is 82.6 Å². The van der Waals surface area contributed by atoms with Gasteiger partial charge in [-0.15, -0.1) is 0 Å². The molecular formula is C19H16F3NO2S. The van der Waals surface area contributed by atoms with Gasteiger partial charge in [-0.1, -0.05) is 30.0 Å². The average molecular weight is 379 g/mol. The molecule has 0 amide bonds. The number of nitrogens with zero attached hydrogens (tertiary/aromatic N) is 1. The van der Waals surface area contributed by atoms with Crippen LogP contribution in [0.2, 0.25) is 0 Å². The van der Waals surface area contributed by atoms with Crippen LogP contribution in [0.15, 0.2) is 87.5 Å². The molecule has 0 aromatic heterocycles. The molecule has 1 N–H and O–H groups in total. The van der Waals surface area contributed by atoms with E-state index in [0.29, 0.717) is 21.8 Å². The molecule has 3 nitrogen and oxygen atoms in total. The van der Waals surface area contributed by atoms with Gasteiger partial charge in [0.1, 0.15) is 5.75 Å². The van der Waals surface area contributed by atoms with E-state index in [4.69, 9.17) is 4.74 Å². The number of allylic oxidation sites excluding steroid dienone is 7. The first-order valence-corrected chi connectivity index (χ1v) is 8.56. The Hall–Kier alpha value is -2.38. The van der Waals surface area contributed by atoms with Crippen molar-refractivity contribution in [3.8, 4) is 5.75 Å². The van der Waals surface area contributed by atoms with Crippen LogP contribution in [0.5, 0.6) is 5.75 Å². The van der Waals surface area contributed by atoms with Crippen molar-refractivity contribution in [2.75, 3.05) is 7.11 Å². The molecule has 1 aromatic carbocycles. The van der Waals surface area contributed by atoms with Gasteiger partial charge in [-0.2, -0.15) is 13.2 Å². The van der Waals surface area contributed by atoms with Crippen LogP contribution in [0, 0.1) is 0 Å². The van der Waals surface area contributed by atoms with E-state index in [9.17, 15) is 18.4 Å². The fourth-order valence-electron chi connectivity index (χ4n) is 2.60. The van der Waals surface area contributed by atoms with E-state index in [1.54, 1.807) is 42.5 Å². The van der Waals surface area contributed by atoms with Crippen molar-refractivity contribution in [1.82, 2.24) is 5.06 Å². The Balaban J connectivity index is 1.96. The topological polar surface area (TPSA) is 32.7 Å². The summed E-state index contributed by atoms with van der Waals surface area (Å²) in [5, 5.41) is 10.1. The Morgan fingerprint density at radius 2 is 1.77 bits per heavy atom. The highest BCUT2D eigenvalue weighted by molar-refractivity contribution is 8.03. The van der Waals surface area contributed by atoms with E-state index in [1.165, 1.54) is 25.6 Å². The van der Waals surface area contributed by atoms with Gasteiger partial charge in [0.05, 0.1) is 17.6 Å². The molecule has 1 aliphatic heterocycles. The molecule has 0 saturated carbocycles. The quantitative estimate of drug-likeness (QED) is 0.742. The zero-order valence-electron chi connectivity index (χ0n) is 13.8.